The van der Waals surface area contributed by atoms with E-state index in [0.29, 0.717) is 27.9 Å². The fourth-order valence-corrected chi connectivity index (χ4v) is 4.79. The second-order valence-corrected chi connectivity index (χ2v) is 9.49. The van der Waals surface area contributed by atoms with Gasteiger partial charge < -0.3 is 15.1 Å². The van der Waals surface area contributed by atoms with E-state index in [1.165, 1.54) is 6.07 Å². The lowest BCUT2D eigenvalue weighted by atomic mass is 9.93. The molecule has 5 rings (SSSR count). The zero-order valence-corrected chi connectivity index (χ0v) is 19.2. The number of benzene rings is 3. The third-order valence-corrected chi connectivity index (χ3v) is 7.15. The molecule has 1 N–H and O–H groups in total. The van der Waals surface area contributed by atoms with Crippen molar-refractivity contribution in [2.45, 2.75) is 31.3 Å². The molecule has 1 aliphatic carbocycles. The number of rotatable bonds is 5. The molecule has 1 heterocycles. The standard InChI is InChI=1S/C27H27FN4O/c1-17-7-8-19(32-15-20(16-32)31(2)3)13-22(17)26(33)30-27(11-12-27)23-9-10-24(28)25-18(14-29)5-4-6-21(23)25/h4-10,13,20H,11-12,15-16H2,1-3H3,(H,30,33). The number of anilines is 1. The van der Waals surface area contributed by atoms with Crippen LogP contribution in [0.2, 0.25) is 0 Å². The Morgan fingerprint density at radius 3 is 2.61 bits per heavy atom. The summed E-state index contributed by atoms with van der Waals surface area (Å²) >= 11 is 0. The largest absolute Gasteiger partial charge is 0.368 e. The first kappa shape index (κ1) is 21.4. The van der Waals surface area contributed by atoms with Gasteiger partial charge in [0, 0.05) is 35.8 Å². The quantitative estimate of drug-likeness (QED) is 0.639. The number of carbonyl (C=O) groups excluding carboxylic acids is 1. The van der Waals surface area contributed by atoms with E-state index < -0.39 is 11.4 Å². The molecule has 3 aromatic carbocycles. The highest BCUT2D eigenvalue weighted by Crippen LogP contribution is 2.48. The van der Waals surface area contributed by atoms with Gasteiger partial charge in [-0.3, -0.25) is 4.79 Å². The Labute approximate surface area is 193 Å². The lowest BCUT2D eigenvalue weighted by molar-refractivity contribution is 0.0930. The van der Waals surface area contributed by atoms with E-state index in [1.807, 2.05) is 25.1 Å². The minimum atomic E-state index is -0.535. The molecule has 0 spiro atoms. The van der Waals surface area contributed by atoms with Crippen molar-refractivity contribution in [2.24, 2.45) is 0 Å². The minimum Gasteiger partial charge on any atom is -0.368 e. The Hall–Kier alpha value is -3.43. The van der Waals surface area contributed by atoms with Gasteiger partial charge in [0.15, 0.2) is 0 Å². The molecule has 33 heavy (non-hydrogen) atoms. The van der Waals surface area contributed by atoms with Crippen molar-refractivity contribution in [3.63, 3.8) is 0 Å². The first-order valence-electron chi connectivity index (χ1n) is 11.3. The fourth-order valence-electron chi connectivity index (χ4n) is 4.79. The van der Waals surface area contributed by atoms with Gasteiger partial charge in [0.2, 0.25) is 0 Å². The molecule has 2 fully saturated rings. The van der Waals surface area contributed by atoms with Crippen LogP contribution in [-0.4, -0.2) is 44.0 Å². The van der Waals surface area contributed by atoms with Crippen LogP contribution in [-0.2, 0) is 5.54 Å². The molecule has 0 unspecified atom stereocenters. The number of nitriles is 1. The lowest BCUT2D eigenvalue weighted by Gasteiger charge is -2.44. The van der Waals surface area contributed by atoms with Crippen LogP contribution in [0.15, 0.2) is 48.5 Å². The van der Waals surface area contributed by atoms with Gasteiger partial charge in [-0.05, 0) is 74.6 Å². The fraction of sp³-hybridized carbons (Fsp3) is 0.333. The maximum Gasteiger partial charge on any atom is 0.252 e. The SMILES string of the molecule is Cc1ccc(N2CC(N(C)C)C2)cc1C(=O)NC1(c2ccc(F)c3c(C#N)cccc23)CC1. The Morgan fingerprint density at radius 2 is 1.94 bits per heavy atom. The zero-order valence-electron chi connectivity index (χ0n) is 19.2. The van der Waals surface area contributed by atoms with Crippen LogP contribution in [0, 0.1) is 24.1 Å². The van der Waals surface area contributed by atoms with Crippen LogP contribution < -0.4 is 10.2 Å². The van der Waals surface area contributed by atoms with Crippen molar-refractivity contribution in [3.05, 3.63) is 76.6 Å². The first-order chi connectivity index (χ1) is 15.8. The molecule has 6 heteroatoms. The van der Waals surface area contributed by atoms with E-state index in [2.05, 4.69) is 41.3 Å². The molecule has 3 aromatic rings. The minimum absolute atomic E-state index is 0.120. The van der Waals surface area contributed by atoms with Gasteiger partial charge >= 0.3 is 0 Å². The van der Waals surface area contributed by atoms with Gasteiger partial charge in [-0.25, -0.2) is 4.39 Å². The van der Waals surface area contributed by atoms with E-state index in [-0.39, 0.29) is 5.91 Å². The Morgan fingerprint density at radius 1 is 1.18 bits per heavy atom. The van der Waals surface area contributed by atoms with E-state index >= 15 is 0 Å². The smallest absolute Gasteiger partial charge is 0.252 e. The second kappa shape index (κ2) is 7.86. The number of hydrogen-bond acceptors (Lipinski definition) is 4. The molecule has 5 nitrogen and oxygen atoms in total. The summed E-state index contributed by atoms with van der Waals surface area (Å²) in [6, 6.07) is 17.0. The molecule has 0 bridgehead atoms. The molecule has 1 amide bonds. The van der Waals surface area contributed by atoms with Crippen LogP contribution in [0.5, 0.6) is 0 Å². The summed E-state index contributed by atoms with van der Waals surface area (Å²) in [5.41, 5.74) is 3.29. The number of hydrogen-bond donors (Lipinski definition) is 1. The predicted octanol–water partition coefficient (Wildman–Crippen LogP) is 4.33. The molecule has 1 saturated heterocycles. The summed E-state index contributed by atoms with van der Waals surface area (Å²) in [6.45, 7) is 3.84. The summed E-state index contributed by atoms with van der Waals surface area (Å²) in [5, 5.41) is 13.7. The van der Waals surface area contributed by atoms with Crippen molar-refractivity contribution in [2.75, 3.05) is 32.1 Å². The number of likely N-dealkylation sites (N-methyl/N-ethyl adjacent to an activating group) is 1. The van der Waals surface area contributed by atoms with Crippen molar-refractivity contribution in [1.29, 1.82) is 5.26 Å². The van der Waals surface area contributed by atoms with Gasteiger partial charge in [-0.15, -0.1) is 0 Å². The lowest BCUT2D eigenvalue weighted by Crippen LogP contribution is -2.57. The average molecular weight is 443 g/mol. The zero-order chi connectivity index (χ0) is 23.3. The highest BCUT2D eigenvalue weighted by molar-refractivity contribution is 5.98. The number of aryl methyl sites for hydroxylation is 1. The van der Waals surface area contributed by atoms with Crippen molar-refractivity contribution >= 4 is 22.4 Å². The third-order valence-electron chi connectivity index (χ3n) is 7.15. The number of halogens is 1. The van der Waals surface area contributed by atoms with Crippen molar-refractivity contribution in [1.82, 2.24) is 10.2 Å². The second-order valence-electron chi connectivity index (χ2n) is 9.49. The highest BCUT2D eigenvalue weighted by atomic mass is 19.1. The molecule has 168 valence electrons. The maximum atomic E-state index is 14.6. The molecule has 2 aliphatic rings. The van der Waals surface area contributed by atoms with Crippen LogP contribution in [0.4, 0.5) is 10.1 Å². The Balaban J connectivity index is 1.44. The van der Waals surface area contributed by atoms with Gasteiger partial charge in [0.25, 0.3) is 5.91 Å². The van der Waals surface area contributed by atoms with Crippen LogP contribution in [0.1, 0.15) is 39.9 Å². The van der Waals surface area contributed by atoms with E-state index in [0.717, 1.165) is 42.7 Å². The molecule has 0 atom stereocenters. The van der Waals surface area contributed by atoms with Gasteiger partial charge in [-0.1, -0.05) is 24.3 Å². The molecule has 1 aliphatic heterocycles. The molecular formula is C27H27FN4O. The van der Waals surface area contributed by atoms with Crippen LogP contribution >= 0.6 is 0 Å². The summed E-state index contributed by atoms with van der Waals surface area (Å²) in [5.74, 6) is -0.535. The first-order valence-corrected chi connectivity index (χ1v) is 11.3. The predicted molar refractivity (Wildman–Crippen MR) is 128 cm³/mol. The van der Waals surface area contributed by atoms with Crippen molar-refractivity contribution < 1.29 is 9.18 Å². The van der Waals surface area contributed by atoms with Crippen LogP contribution in [0.3, 0.4) is 0 Å². The normalized spacial score (nSPS) is 17.0. The van der Waals surface area contributed by atoms with Crippen molar-refractivity contribution in [3.8, 4) is 6.07 Å². The summed E-state index contributed by atoms with van der Waals surface area (Å²) in [4.78, 5) is 17.9. The molecule has 0 aromatic heterocycles. The Bertz CT molecular complexity index is 1300. The maximum absolute atomic E-state index is 14.6. The Kier molecular flexibility index (Phi) is 5.10. The van der Waals surface area contributed by atoms with Gasteiger partial charge in [-0.2, -0.15) is 5.26 Å². The molecule has 1 saturated carbocycles. The monoisotopic (exact) mass is 442 g/mol. The van der Waals surface area contributed by atoms with Gasteiger partial charge in [0.05, 0.1) is 17.2 Å². The number of nitrogens with zero attached hydrogens (tertiary/aromatic N) is 3. The highest BCUT2D eigenvalue weighted by Gasteiger charge is 2.47. The third kappa shape index (κ3) is 3.63. The number of fused-ring (bicyclic) bond motifs is 1. The van der Waals surface area contributed by atoms with E-state index in [1.54, 1.807) is 18.2 Å². The summed E-state index contributed by atoms with van der Waals surface area (Å²) in [7, 11) is 4.17. The topological polar surface area (TPSA) is 59.4 Å². The van der Waals surface area contributed by atoms with E-state index in [9.17, 15) is 14.4 Å². The van der Waals surface area contributed by atoms with Crippen LogP contribution in [0.25, 0.3) is 10.8 Å². The summed E-state index contributed by atoms with van der Waals surface area (Å²) in [6.07, 6.45) is 1.57. The number of amides is 1. The average Bonchev–Trinajstić information content (AvgIpc) is 3.53. The van der Waals surface area contributed by atoms with E-state index in [4.69, 9.17) is 0 Å². The molecule has 0 radical (unpaired) electrons. The number of nitrogens with one attached hydrogen (secondary N) is 1. The summed E-state index contributed by atoms with van der Waals surface area (Å²) < 4.78 is 14.6. The number of carbonyl (C=O) groups is 1. The van der Waals surface area contributed by atoms with Gasteiger partial charge in [0.1, 0.15) is 5.82 Å². The molecular weight excluding hydrogens is 415 g/mol.